The van der Waals surface area contributed by atoms with Crippen LogP contribution in [0.25, 0.3) is 0 Å². The highest BCUT2D eigenvalue weighted by Gasteiger charge is 2.15. The van der Waals surface area contributed by atoms with Gasteiger partial charge in [-0.05, 0) is 55.9 Å². The first kappa shape index (κ1) is 19.0. The Kier molecular flexibility index (Phi) is 6.58. The molecule has 0 spiro atoms. The van der Waals surface area contributed by atoms with Crippen LogP contribution in [0.1, 0.15) is 23.6 Å². The summed E-state index contributed by atoms with van der Waals surface area (Å²) in [4.78, 5) is 14.0. The number of nitrogens with one attached hydrogen (secondary N) is 1. The topological polar surface area (TPSA) is 32.3 Å². The minimum absolute atomic E-state index is 0.0900. The highest BCUT2D eigenvalue weighted by molar-refractivity contribution is 5.76. The van der Waals surface area contributed by atoms with Gasteiger partial charge in [0.2, 0.25) is 5.91 Å². The van der Waals surface area contributed by atoms with Gasteiger partial charge < -0.3 is 10.2 Å². The number of carbonyl (C=O) groups is 1. The van der Waals surface area contributed by atoms with E-state index in [0.717, 1.165) is 17.7 Å². The molecule has 0 saturated carbocycles. The van der Waals surface area contributed by atoms with Gasteiger partial charge in [0.1, 0.15) is 5.82 Å². The molecule has 2 rings (SSSR count). The Morgan fingerprint density at radius 1 is 1.04 bits per heavy atom. The summed E-state index contributed by atoms with van der Waals surface area (Å²) in [5.41, 5.74) is 1.46. The van der Waals surface area contributed by atoms with Gasteiger partial charge in [-0.25, -0.2) is 13.2 Å². The molecule has 1 N–H and O–H groups in total. The molecule has 0 radical (unpaired) electrons. The van der Waals surface area contributed by atoms with E-state index in [0.29, 0.717) is 18.5 Å². The van der Waals surface area contributed by atoms with Crippen molar-refractivity contribution in [3.8, 4) is 0 Å². The zero-order valence-corrected chi connectivity index (χ0v) is 14.2. The van der Waals surface area contributed by atoms with Gasteiger partial charge in [-0.15, -0.1) is 0 Å². The molecule has 134 valence electrons. The molecule has 0 bridgehead atoms. The Hall–Kier alpha value is -2.34. The van der Waals surface area contributed by atoms with Crippen LogP contribution in [0.4, 0.5) is 13.2 Å². The molecular weight excluding hydrogens is 329 g/mol. The highest BCUT2D eigenvalue weighted by atomic mass is 19.2. The van der Waals surface area contributed by atoms with Gasteiger partial charge in [-0.3, -0.25) is 4.79 Å². The van der Waals surface area contributed by atoms with Crippen molar-refractivity contribution in [3.05, 3.63) is 71.0 Å². The number of amides is 1. The van der Waals surface area contributed by atoms with Crippen LogP contribution in [0.3, 0.4) is 0 Å². The van der Waals surface area contributed by atoms with E-state index in [2.05, 4.69) is 5.32 Å². The average Bonchev–Trinajstić information content (AvgIpc) is 2.57. The van der Waals surface area contributed by atoms with Crippen LogP contribution in [0, 0.1) is 17.5 Å². The van der Waals surface area contributed by atoms with Gasteiger partial charge in [0.15, 0.2) is 11.6 Å². The average molecular weight is 350 g/mol. The number of nitrogens with zero attached hydrogens (tertiary/aromatic N) is 1. The predicted molar refractivity (Wildman–Crippen MR) is 90.5 cm³/mol. The maximum atomic E-state index is 13.2. The second-order valence-electron chi connectivity index (χ2n) is 6.08. The molecule has 0 aliphatic heterocycles. The van der Waals surface area contributed by atoms with E-state index < -0.39 is 11.6 Å². The van der Waals surface area contributed by atoms with E-state index in [1.807, 2.05) is 19.0 Å². The first-order valence-electron chi connectivity index (χ1n) is 7.99. The molecule has 3 nitrogen and oxygen atoms in total. The lowest BCUT2D eigenvalue weighted by molar-refractivity contribution is -0.121. The Labute approximate surface area is 145 Å². The summed E-state index contributed by atoms with van der Waals surface area (Å²) >= 11 is 0. The molecule has 1 unspecified atom stereocenters. The van der Waals surface area contributed by atoms with Gasteiger partial charge in [0.05, 0.1) is 6.04 Å². The minimum Gasteiger partial charge on any atom is -0.354 e. The van der Waals surface area contributed by atoms with Gasteiger partial charge in [-0.2, -0.15) is 0 Å². The second kappa shape index (κ2) is 8.67. The van der Waals surface area contributed by atoms with Crippen molar-refractivity contribution < 1.29 is 18.0 Å². The van der Waals surface area contributed by atoms with Crippen molar-refractivity contribution in [2.45, 2.75) is 18.9 Å². The van der Waals surface area contributed by atoms with Crippen LogP contribution in [0.15, 0.2) is 42.5 Å². The molecule has 25 heavy (non-hydrogen) atoms. The SMILES string of the molecule is CN(C)C(CNC(=O)CCc1ccc(F)c(F)c1)c1ccc(F)cc1. The van der Waals surface area contributed by atoms with Gasteiger partial charge in [0, 0.05) is 13.0 Å². The first-order valence-corrected chi connectivity index (χ1v) is 7.99. The molecule has 0 aromatic heterocycles. The van der Waals surface area contributed by atoms with Gasteiger partial charge >= 0.3 is 0 Å². The molecule has 0 saturated heterocycles. The van der Waals surface area contributed by atoms with Crippen molar-refractivity contribution in [2.24, 2.45) is 0 Å². The monoisotopic (exact) mass is 350 g/mol. The third kappa shape index (κ3) is 5.60. The number of rotatable bonds is 7. The standard InChI is InChI=1S/C19H21F3N2O/c1-24(2)18(14-5-7-15(20)8-6-14)12-23-19(25)10-4-13-3-9-16(21)17(22)11-13/h3,5-9,11,18H,4,10,12H2,1-2H3,(H,23,25). The predicted octanol–water partition coefficient (Wildman–Crippen LogP) is 3.46. The fraction of sp³-hybridized carbons (Fsp3) is 0.316. The first-order chi connectivity index (χ1) is 11.9. The Morgan fingerprint density at radius 3 is 2.32 bits per heavy atom. The Balaban J connectivity index is 1.88. The lowest BCUT2D eigenvalue weighted by Gasteiger charge is -2.25. The zero-order valence-electron chi connectivity index (χ0n) is 14.2. The highest BCUT2D eigenvalue weighted by Crippen LogP contribution is 2.18. The van der Waals surface area contributed by atoms with Crippen molar-refractivity contribution >= 4 is 5.91 Å². The number of hydrogen-bond acceptors (Lipinski definition) is 2. The molecule has 1 atom stereocenters. The summed E-state index contributed by atoms with van der Waals surface area (Å²) in [5.74, 6) is -2.31. The van der Waals surface area contributed by atoms with E-state index in [1.165, 1.54) is 18.2 Å². The maximum Gasteiger partial charge on any atom is 0.220 e. The quantitative estimate of drug-likeness (QED) is 0.829. The summed E-state index contributed by atoms with van der Waals surface area (Å²) in [6.07, 6.45) is 0.501. The summed E-state index contributed by atoms with van der Waals surface area (Å²) in [6.45, 7) is 0.370. The zero-order chi connectivity index (χ0) is 18.4. The lowest BCUT2D eigenvalue weighted by Crippen LogP contribution is -2.34. The third-order valence-electron chi connectivity index (χ3n) is 4.00. The minimum atomic E-state index is -0.915. The van der Waals surface area contributed by atoms with Crippen LogP contribution in [0.5, 0.6) is 0 Å². The second-order valence-corrected chi connectivity index (χ2v) is 6.08. The molecule has 0 heterocycles. The van der Waals surface area contributed by atoms with Crippen molar-refractivity contribution in [1.82, 2.24) is 10.2 Å². The molecule has 0 fully saturated rings. The number of aryl methyl sites for hydroxylation is 1. The normalized spacial score (nSPS) is 12.2. The van der Waals surface area contributed by atoms with Crippen LogP contribution in [-0.4, -0.2) is 31.4 Å². The molecule has 0 aliphatic carbocycles. The number of likely N-dealkylation sites (N-methyl/N-ethyl adjacent to an activating group) is 1. The Bertz CT molecular complexity index is 717. The van der Waals surface area contributed by atoms with Crippen LogP contribution < -0.4 is 5.32 Å². The molecule has 0 aliphatic rings. The maximum absolute atomic E-state index is 13.2. The van der Waals surface area contributed by atoms with E-state index in [-0.39, 0.29) is 24.2 Å². The Morgan fingerprint density at radius 2 is 1.72 bits per heavy atom. The summed E-state index contributed by atoms with van der Waals surface area (Å²) < 4.78 is 39.1. The summed E-state index contributed by atoms with van der Waals surface area (Å²) in [6, 6.07) is 9.68. The molecule has 1 amide bonds. The van der Waals surface area contributed by atoms with Crippen LogP contribution >= 0.6 is 0 Å². The fourth-order valence-electron chi connectivity index (χ4n) is 2.54. The number of carbonyl (C=O) groups excluding carboxylic acids is 1. The van der Waals surface area contributed by atoms with Gasteiger partial charge in [-0.1, -0.05) is 18.2 Å². The van der Waals surface area contributed by atoms with E-state index in [9.17, 15) is 18.0 Å². The molecule has 2 aromatic carbocycles. The smallest absolute Gasteiger partial charge is 0.220 e. The largest absolute Gasteiger partial charge is 0.354 e. The van der Waals surface area contributed by atoms with E-state index in [4.69, 9.17) is 0 Å². The third-order valence-corrected chi connectivity index (χ3v) is 4.00. The van der Waals surface area contributed by atoms with Crippen LogP contribution in [-0.2, 0) is 11.2 Å². The lowest BCUT2D eigenvalue weighted by atomic mass is 10.1. The molecular formula is C19H21F3N2O. The number of halogens is 3. The van der Waals surface area contributed by atoms with Gasteiger partial charge in [0.25, 0.3) is 0 Å². The van der Waals surface area contributed by atoms with Crippen molar-refractivity contribution in [3.63, 3.8) is 0 Å². The summed E-state index contributed by atoms with van der Waals surface area (Å²) in [5, 5.41) is 2.83. The molecule has 2 aromatic rings. The van der Waals surface area contributed by atoms with Crippen molar-refractivity contribution in [2.75, 3.05) is 20.6 Å². The summed E-state index contributed by atoms with van der Waals surface area (Å²) in [7, 11) is 3.75. The molecule has 6 heteroatoms. The van der Waals surface area contributed by atoms with E-state index in [1.54, 1.807) is 12.1 Å². The van der Waals surface area contributed by atoms with Crippen molar-refractivity contribution in [1.29, 1.82) is 0 Å². The number of benzene rings is 2. The van der Waals surface area contributed by atoms with E-state index >= 15 is 0 Å². The van der Waals surface area contributed by atoms with Crippen LogP contribution in [0.2, 0.25) is 0 Å². The fourth-order valence-corrected chi connectivity index (χ4v) is 2.54. The number of hydrogen-bond donors (Lipinski definition) is 1.